The second kappa shape index (κ2) is 8.59. The number of piperidine rings is 1. The number of hydrogen-bond donors (Lipinski definition) is 1. The summed E-state index contributed by atoms with van der Waals surface area (Å²) < 4.78 is 29.7. The molecule has 2 aliphatic rings. The van der Waals surface area contributed by atoms with Gasteiger partial charge in [-0.25, -0.2) is 13.2 Å². The second-order valence-electron chi connectivity index (χ2n) is 8.62. The van der Waals surface area contributed by atoms with E-state index in [1.165, 1.54) is 6.07 Å². The third-order valence-corrected chi connectivity index (χ3v) is 7.70. The molecule has 2 heterocycles. The number of sulfone groups is 1. The van der Waals surface area contributed by atoms with Gasteiger partial charge in [0.15, 0.2) is 15.4 Å². The number of aryl methyl sites for hydroxylation is 1. The minimum atomic E-state index is -3.37. The molecule has 7 nitrogen and oxygen atoms in total. The van der Waals surface area contributed by atoms with Gasteiger partial charge in [-0.3, -0.25) is 4.90 Å². The predicted octanol–water partition coefficient (Wildman–Crippen LogP) is 2.98. The molecule has 1 atom stereocenters. The van der Waals surface area contributed by atoms with Crippen molar-refractivity contribution in [2.75, 3.05) is 25.9 Å². The normalized spacial score (nSPS) is 21.5. The first-order valence-corrected chi connectivity index (χ1v) is 12.8. The SMILES string of the molecule is Cc1cc(-c2cccc(S(C)(=O)=O)c2)c(Cl)cc1C1=C(N)C2(CCCN(CC=O)C2)OC1=O. The zero-order chi connectivity index (χ0) is 24.0. The number of nitrogens with two attached hydrogens (primary N) is 1. The molecule has 1 saturated heterocycles. The first kappa shape index (κ1) is 23.5. The summed E-state index contributed by atoms with van der Waals surface area (Å²) in [6.07, 6.45) is 3.33. The van der Waals surface area contributed by atoms with Crippen molar-refractivity contribution in [2.45, 2.75) is 30.3 Å². The van der Waals surface area contributed by atoms with Crippen LogP contribution in [-0.4, -0.2) is 57.1 Å². The number of ether oxygens (including phenoxy) is 1. The Balaban J connectivity index is 1.76. The highest BCUT2D eigenvalue weighted by atomic mass is 35.5. The topological polar surface area (TPSA) is 107 Å². The molecule has 9 heteroatoms. The number of halogens is 1. The minimum Gasteiger partial charge on any atom is -0.448 e. The maximum atomic E-state index is 12.9. The summed E-state index contributed by atoms with van der Waals surface area (Å²) >= 11 is 6.61. The van der Waals surface area contributed by atoms with E-state index < -0.39 is 21.4 Å². The molecule has 4 rings (SSSR count). The molecule has 0 radical (unpaired) electrons. The van der Waals surface area contributed by atoms with E-state index in [9.17, 15) is 18.0 Å². The molecular formula is C24H25ClN2O5S. The van der Waals surface area contributed by atoms with Crippen LogP contribution in [0.4, 0.5) is 0 Å². The third-order valence-electron chi connectivity index (χ3n) is 6.28. The number of likely N-dealkylation sites (tertiary alicyclic amines) is 1. The van der Waals surface area contributed by atoms with Crippen LogP contribution in [0.3, 0.4) is 0 Å². The Hall–Kier alpha value is -2.68. The first-order chi connectivity index (χ1) is 15.6. The number of esters is 1. The quantitative estimate of drug-likeness (QED) is 0.509. The van der Waals surface area contributed by atoms with E-state index in [0.717, 1.165) is 31.1 Å². The summed E-state index contributed by atoms with van der Waals surface area (Å²) in [5.41, 5.74) is 8.85. The molecule has 2 aromatic rings. The van der Waals surface area contributed by atoms with E-state index in [4.69, 9.17) is 22.1 Å². The van der Waals surface area contributed by atoms with Crippen molar-refractivity contribution in [3.8, 4) is 11.1 Å². The summed E-state index contributed by atoms with van der Waals surface area (Å²) in [4.78, 5) is 26.0. The van der Waals surface area contributed by atoms with E-state index in [-0.39, 0.29) is 11.4 Å². The van der Waals surface area contributed by atoms with Crippen molar-refractivity contribution >= 4 is 39.3 Å². The van der Waals surface area contributed by atoms with Crippen LogP contribution in [0, 0.1) is 6.92 Å². The van der Waals surface area contributed by atoms with Gasteiger partial charge in [0.2, 0.25) is 0 Å². The third kappa shape index (κ3) is 4.30. The molecule has 0 aliphatic carbocycles. The van der Waals surface area contributed by atoms with Crippen molar-refractivity contribution in [2.24, 2.45) is 5.73 Å². The molecule has 174 valence electrons. The molecule has 0 aromatic heterocycles. The van der Waals surface area contributed by atoms with Gasteiger partial charge in [-0.15, -0.1) is 0 Å². The van der Waals surface area contributed by atoms with Gasteiger partial charge in [-0.1, -0.05) is 23.7 Å². The van der Waals surface area contributed by atoms with Gasteiger partial charge in [0.1, 0.15) is 6.29 Å². The molecule has 2 aromatic carbocycles. The average Bonchev–Trinajstić information content (AvgIpc) is 2.98. The Kier molecular flexibility index (Phi) is 6.11. The summed E-state index contributed by atoms with van der Waals surface area (Å²) in [6, 6.07) is 10.0. The highest BCUT2D eigenvalue weighted by Crippen LogP contribution is 2.43. The monoisotopic (exact) mass is 488 g/mol. The largest absolute Gasteiger partial charge is 0.448 e. The number of hydrogen-bond acceptors (Lipinski definition) is 7. The van der Waals surface area contributed by atoms with E-state index >= 15 is 0 Å². The molecule has 0 saturated carbocycles. The van der Waals surface area contributed by atoms with Crippen LogP contribution in [0.15, 0.2) is 47.0 Å². The van der Waals surface area contributed by atoms with Crippen LogP contribution in [0.1, 0.15) is 24.0 Å². The van der Waals surface area contributed by atoms with Crippen molar-refractivity contribution < 1.29 is 22.7 Å². The smallest absolute Gasteiger partial charge is 0.341 e. The lowest BCUT2D eigenvalue weighted by atomic mass is 9.86. The highest BCUT2D eigenvalue weighted by Gasteiger charge is 2.49. The summed E-state index contributed by atoms with van der Waals surface area (Å²) in [5.74, 6) is -0.508. The Morgan fingerprint density at radius 1 is 1.24 bits per heavy atom. The van der Waals surface area contributed by atoms with E-state index in [2.05, 4.69) is 0 Å². The maximum absolute atomic E-state index is 12.9. The zero-order valence-corrected chi connectivity index (χ0v) is 20.0. The Morgan fingerprint density at radius 3 is 2.70 bits per heavy atom. The van der Waals surface area contributed by atoms with Crippen molar-refractivity contribution in [1.82, 2.24) is 4.90 Å². The Labute approximate surface area is 198 Å². The Morgan fingerprint density at radius 2 is 2.00 bits per heavy atom. The van der Waals surface area contributed by atoms with Crippen LogP contribution in [0.5, 0.6) is 0 Å². The van der Waals surface area contributed by atoms with Gasteiger partial charge in [0, 0.05) is 23.4 Å². The van der Waals surface area contributed by atoms with E-state index in [1.54, 1.807) is 24.3 Å². The van der Waals surface area contributed by atoms with Gasteiger partial charge in [-0.05, 0) is 67.3 Å². The minimum absolute atomic E-state index is 0.197. The van der Waals surface area contributed by atoms with Crippen LogP contribution < -0.4 is 5.73 Å². The number of aldehydes is 1. The molecule has 2 aliphatic heterocycles. The molecule has 0 bridgehead atoms. The summed E-state index contributed by atoms with van der Waals surface area (Å²) in [5, 5.41) is 0.363. The number of nitrogens with zero attached hydrogens (tertiary/aromatic N) is 1. The molecular weight excluding hydrogens is 464 g/mol. The van der Waals surface area contributed by atoms with E-state index in [0.29, 0.717) is 45.9 Å². The highest BCUT2D eigenvalue weighted by molar-refractivity contribution is 7.90. The molecule has 1 spiro atoms. The van der Waals surface area contributed by atoms with Crippen LogP contribution in [0.2, 0.25) is 5.02 Å². The van der Waals surface area contributed by atoms with Crippen molar-refractivity contribution in [1.29, 1.82) is 0 Å². The van der Waals surface area contributed by atoms with Crippen LogP contribution >= 0.6 is 11.6 Å². The molecule has 0 amide bonds. The first-order valence-electron chi connectivity index (χ1n) is 10.6. The van der Waals surface area contributed by atoms with Gasteiger partial charge in [0.25, 0.3) is 0 Å². The van der Waals surface area contributed by atoms with Crippen LogP contribution in [-0.2, 0) is 24.2 Å². The van der Waals surface area contributed by atoms with Gasteiger partial charge in [-0.2, -0.15) is 0 Å². The van der Waals surface area contributed by atoms with Crippen molar-refractivity contribution in [3.63, 3.8) is 0 Å². The number of carbonyl (C=O) groups is 2. The van der Waals surface area contributed by atoms with Crippen LogP contribution in [0.25, 0.3) is 16.7 Å². The van der Waals surface area contributed by atoms with Gasteiger partial charge < -0.3 is 15.3 Å². The summed E-state index contributed by atoms with van der Waals surface area (Å²) in [6.45, 7) is 3.21. The fourth-order valence-electron chi connectivity index (χ4n) is 4.61. The van der Waals surface area contributed by atoms with E-state index in [1.807, 2.05) is 17.9 Å². The molecule has 1 fully saturated rings. The van der Waals surface area contributed by atoms with Gasteiger partial charge in [0.05, 0.1) is 22.7 Å². The summed E-state index contributed by atoms with van der Waals surface area (Å²) in [7, 11) is -3.37. The fraction of sp³-hybridized carbons (Fsp3) is 0.333. The lowest BCUT2D eigenvalue weighted by Crippen LogP contribution is -2.51. The predicted molar refractivity (Wildman–Crippen MR) is 126 cm³/mol. The zero-order valence-electron chi connectivity index (χ0n) is 18.4. The number of carbonyl (C=O) groups excluding carboxylic acids is 2. The lowest BCUT2D eigenvalue weighted by molar-refractivity contribution is -0.149. The average molecular weight is 489 g/mol. The Bertz CT molecular complexity index is 1290. The number of benzene rings is 2. The standard InChI is InChI=1S/C24H25ClN2O5S/c1-15-11-19(16-5-3-6-17(12-16)33(2,30)31)20(25)13-18(15)21-22(26)24(32-23(21)29)7-4-8-27(14-24)9-10-28/h3,5-6,10-13H,4,7-9,14,26H2,1-2H3. The maximum Gasteiger partial charge on any atom is 0.341 e. The van der Waals surface area contributed by atoms with Gasteiger partial charge >= 0.3 is 5.97 Å². The van der Waals surface area contributed by atoms with Crippen molar-refractivity contribution in [3.05, 3.63) is 58.2 Å². The number of rotatable bonds is 5. The molecule has 1 unspecified atom stereocenters. The molecule has 33 heavy (non-hydrogen) atoms. The lowest BCUT2D eigenvalue weighted by Gasteiger charge is -2.38. The fourth-order valence-corrected chi connectivity index (χ4v) is 5.55. The second-order valence-corrected chi connectivity index (χ2v) is 11.0. The molecule has 2 N–H and O–H groups in total.